The van der Waals surface area contributed by atoms with Crippen LogP contribution in [0.15, 0.2) is 4.99 Å². The summed E-state index contributed by atoms with van der Waals surface area (Å²) >= 11 is 0. The van der Waals surface area contributed by atoms with Crippen molar-refractivity contribution in [2.45, 2.75) is 52.1 Å². The van der Waals surface area contributed by atoms with Crippen molar-refractivity contribution in [2.24, 2.45) is 12.0 Å². The molecule has 1 aliphatic heterocycles. The highest BCUT2D eigenvalue weighted by Crippen LogP contribution is 2.15. The van der Waals surface area contributed by atoms with Gasteiger partial charge in [-0.25, -0.2) is 0 Å². The molecule has 0 atom stereocenters. The molecule has 1 saturated heterocycles. The van der Waals surface area contributed by atoms with E-state index in [1.54, 1.807) is 14.1 Å². The molecule has 9 heteroatoms. The van der Waals surface area contributed by atoms with Crippen LogP contribution in [-0.2, 0) is 31.2 Å². The Bertz CT molecular complexity index is 651. The molecular weight excluding hydrogens is 469 g/mol. The number of nitrogens with one attached hydrogen (secondary N) is 3. The normalized spacial score (nSPS) is 15.8. The molecule has 0 unspecified atom stereocenters. The lowest BCUT2D eigenvalue weighted by Crippen LogP contribution is -2.49. The Hall–Kier alpha value is -1.36. The minimum absolute atomic E-state index is 0. The fourth-order valence-corrected chi connectivity index (χ4v) is 3.67. The van der Waals surface area contributed by atoms with Gasteiger partial charge in [-0.1, -0.05) is 13.8 Å². The van der Waals surface area contributed by atoms with Crippen LogP contribution in [0.3, 0.4) is 0 Å². The Balaban J connectivity index is 0.00000392. The highest BCUT2D eigenvalue weighted by Gasteiger charge is 2.21. The van der Waals surface area contributed by atoms with E-state index in [0.29, 0.717) is 12.6 Å². The van der Waals surface area contributed by atoms with Crippen molar-refractivity contribution >= 4 is 35.8 Å². The van der Waals surface area contributed by atoms with Crippen LogP contribution in [0, 0.1) is 0 Å². The molecule has 0 aromatic carbocycles. The molecule has 0 spiro atoms. The number of guanidine groups is 1. The van der Waals surface area contributed by atoms with E-state index < -0.39 is 0 Å². The number of piperidine rings is 1. The first-order valence-electron chi connectivity index (χ1n) is 9.96. The zero-order valence-corrected chi connectivity index (χ0v) is 20.2. The minimum atomic E-state index is 0. The molecule has 28 heavy (non-hydrogen) atoms. The average molecular weight is 505 g/mol. The number of hydrogen-bond acceptors (Lipinski definition) is 4. The summed E-state index contributed by atoms with van der Waals surface area (Å²) in [5.74, 6) is 0.904. The van der Waals surface area contributed by atoms with E-state index in [1.807, 2.05) is 11.7 Å². The molecule has 1 aromatic rings. The monoisotopic (exact) mass is 505 g/mol. The smallest absolute Gasteiger partial charge is 0.233 e. The molecule has 1 aromatic heterocycles. The number of hydrogen-bond donors (Lipinski definition) is 3. The van der Waals surface area contributed by atoms with Crippen molar-refractivity contribution in [2.75, 3.05) is 33.7 Å². The van der Waals surface area contributed by atoms with Crippen molar-refractivity contribution < 1.29 is 4.79 Å². The number of carbonyl (C=O) groups is 1. The van der Waals surface area contributed by atoms with Gasteiger partial charge < -0.3 is 16.0 Å². The third-order valence-electron chi connectivity index (χ3n) is 5.26. The SMILES string of the molecule is CCc1nn(C)c(CC)c1CNC(=NC)NC1CCN(CC(=O)NC)CC1.I. The second-order valence-electron chi connectivity index (χ2n) is 7.00. The van der Waals surface area contributed by atoms with Gasteiger partial charge in [0.1, 0.15) is 0 Å². The van der Waals surface area contributed by atoms with Gasteiger partial charge in [-0.05, 0) is 25.7 Å². The minimum Gasteiger partial charge on any atom is -0.358 e. The van der Waals surface area contributed by atoms with Gasteiger partial charge >= 0.3 is 0 Å². The molecule has 1 aliphatic rings. The Kier molecular flexibility index (Phi) is 10.8. The van der Waals surface area contributed by atoms with E-state index in [9.17, 15) is 4.79 Å². The zero-order chi connectivity index (χ0) is 19.8. The molecule has 0 saturated carbocycles. The van der Waals surface area contributed by atoms with Crippen molar-refractivity contribution in [3.63, 3.8) is 0 Å². The summed E-state index contributed by atoms with van der Waals surface area (Å²) < 4.78 is 1.99. The third-order valence-corrected chi connectivity index (χ3v) is 5.26. The quantitative estimate of drug-likeness (QED) is 0.293. The summed E-state index contributed by atoms with van der Waals surface area (Å²) in [7, 11) is 5.50. The summed E-state index contributed by atoms with van der Waals surface area (Å²) in [6, 6.07) is 0.377. The highest BCUT2D eigenvalue weighted by atomic mass is 127. The van der Waals surface area contributed by atoms with E-state index in [0.717, 1.165) is 57.0 Å². The molecule has 1 amide bonds. The van der Waals surface area contributed by atoms with E-state index in [-0.39, 0.29) is 29.9 Å². The first-order chi connectivity index (χ1) is 13.0. The summed E-state index contributed by atoms with van der Waals surface area (Å²) in [6.45, 7) is 7.37. The second kappa shape index (κ2) is 12.3. The van der Waals surface area contributed by atoms with Crippen LogP contribution in [0.25, 0.3) is 0 Å². The van der Waals surface area contributed by atoms with E-state index in [1.165, 1.54) is 11.3 Å². The van der Waals surface area contributed by atoms with Gasteiger partial charge in [-0.3, -0.25) is 19.4 Å². The van der Waals surface area contributed by atoms with Crippen molar-refractivity contribution in [1.29, 1.82) is 0 Å². The van der Waals surface area contributed by atoms with Crippen LogP contribution in [0.2, 0.25) is 0 Å². The fraction of sp³-hybridized carbons (Fsp3) is 0.737. The maximum absolute atomic E-state index is 11.5. The molecular formula is C19H36IN7O. The number of rotatable bonds is 7. The van der Waals surface area contributed by atoms with Crippen LogP contribution in [-0.4, -0.2) is 66.3 Å². The number of likely N-dealkylation sites (tertiary alicyclic amines) is 1. The van der Waals surface area contributed by atoms with E-state index in [2.05, 4.69) is 44.8 Å². The maximum atomic E-state index is 11.5. The summed E-state index contributed by atoms with van der Waals surface area (Å²) in [5, 5.41) is 14.3. The van der Waals surface area contributed by atoms with Crippen LogP contribution < -0.4 is 16.0 Å². The predicted octanol–water partition coefficient (Wildman–Crippen LogP) is 1.04. The van der Waals surface area contributed by atoms with E-state index >= 15 is 0 Å². The van der Waals surface area contributed by atoms with E-state index in [4.69, 9.17) is 0 Å². The predicted molar refractivity (Wildman–Crippen MR) is 124 cm³/mol. The molecule has 2 heterocycles. The van der Waals surface area contributed by atoms with Crippen LogP contribution in [0.4, 0.5) is 0 Å². The molecule has 8 nitrogen and oxygen atoms in total. The number of aryl methyl sites for hydroxylation is 2. The summed E-state index contributed by atoms with van der Waals surface area (Å²) in [4.78, 5) is 18.1. The molecule has 160 valence electrons. The Labute approximate surface area is 185 Å². The van der Waals surface area contributed by atoms with Gasteiger partial charge in [0.2, 0.25) is 5.91 Å². The second-order valence-corrected chi connectivity index (χ2v) is 7.00. The Morgan fingerprint density at radius 3 is 2.46 bits per heavy atom. The number of halogens is 1. The van der Waals surface area contributed by atoms with Crippen molar-refractivity contribution in [1.82, 2.24) is 30.6 Å². The number of nitrogens with zero attached hydrogens (tertiary/aromatic N) is 4. The lowest BCUT2D eigenvalue weighted by atomic mass is 10.1. The zero-order valence-electron chi connectivity index (χ0n) is 17.8. The first-order valence-corrected chi connectivity index (χ1v) is 9.96. The van der Waals surface area contributed by atoms with Gasteiger partial charge in [0.15, 0.2) is 5.96 Å². The van der Waals surface area contributed by atoms with Gasteiger partial charge in [0.25, 0.3) is 0 Å². The van der Waals surface area contributed by atoms with Gasteiger partial charge in [-0.15, -0.1) is 24.0 Å². The van der Waals surface area contributed by atoms with Crippen molar-refractivity contribution in [3.05, 3.63) is 17.0 Å². The molecule has 2 rings (SSSR count). The maximum Gasteiger partial charge on any atom is 0.233 e. The number of aromatic nitrogens is 2. The summed E-state index contributed by atoms with van der Waals surface area (Å²) in [5.41, 5.74) is 3.71. The van der Waals surface area contributed by atoms with Gasteiger partial charge in [0.05, 0.1) is 12.2 Å². The lowest BCUT2D eigenvalue weighted by Gasteiger charge is -2.32. The van der Waals surface area contributed by atoms with Crippen LogP contribution >= 0.6 is 24.0 Å². The Morgan fingerprint density at radius 1 is 1.25 bits per heavy atom. The molecule has 3 N–H and O–H groups in total. The topological polar surface area (TPSA) is 86.6 Å². The fourth-order valence-electron chi connectivity index (χ4n) is 3.67. The standard InChI is InChI=1S/C19H35N7O.HI/c1-6-16-15(17(7-2)25(5)24-16)12-22-19(21-4)23-14-8-10-26(11-9-14)13-18(27)20-3;/h14H,6-13H2,1-5H3,(H,20,27)(H2,21,22,23);1H. The molecule has 0 bridgehead atoms. The first kappa shape index (κ1) is 24.7. The van der Waals surface area contributed by atoms with Gasteiger partial charge in [-0.2, -0.15) is 5.10 Å². The lowest BCUT2D eigenvalue weighted by molar-refractivity contribution is -0.122. The number of aliphatic imine (C=N–C) groups is 1. The average Bonchev–Trinajstić information content (AvgIpc) is 3.00. The largest absolute Gasteiger partial charge is 0.358 e. The molecule has 0 aliphatic carbocycles. The molecule has 0 radical (unpaired) electrons. The number of amides is 1. The summed E-state index contributed by atoms with van der Waals surface area (Å²) in [6.07, 6.45) is 3.91. The number of carbonyl (C=O) groups excluding carboxylic acids is 1. The molecule has 1 fully saturated rings. The van der Waals surface area contributed by atoms with Crippen LogP contribution in [0.1, 0.15) is 43.6 Å². The highest BCUT2D eigenvalue weighted by molar-refractivity contribution is 14.0. The van der Waals surface area contributed by atoms with Crippen molar-refractivity contribution in [3.8, 4) is 0 Å². The number of likely N-dealkylation sites (N-methyl/N-ethyl adjacent to an activating group) is 1. The van der Waals surface area contributed by atoms with Gasteiger partial charge in [0, 0.05) is 58.1 Å². The van der Waals surface area contributed by atoms with Crippen LogP contribution in [0.5, 0.6) is 0 Å². The third kappa shape index (κ3) is 6.61. The Morgan fingerprint density at radius 2 is 1.93 bits per heavy atom.